The maximum atomic E-state index is 12.7. The molecular weight excluding hydrogens is 462 g/mol. The van der Waals surface area contributed by atoms with E-state index in [0.29, 0.717) is 39.0 Å². The molecule has 0 aromatic heterocycles. The second kappa shape index (κ2) is 14.3. The summed E-state index contributed by atoms with van der Waals surface area (Å²) in [5, 5.41) is 9.09. The summed E-state index contributed by atoms with van der Waals surface area (Å²) in [6, 6.07) is 0. The average molecular weight is 514 g/mol. The molecule has 0 radical (unpaired) electrons. The van der Waals surface area contributed by atoms with E-state index in [1.54, 1.807) is 14.1 Å². The first-order valence-electron chi connectivity index (χ1n) is 12.2. The van der Waals surface area contributed by atoms with Gasteiger partial charge in [-0.25, -0.2) is 25.4 Å². The van der Waals surface area contributed by atoms with Crippen molar-refractivity contribution in [1.29, 1.82) is 0 Å². The molecule has 200 valence electrons. The lowest BCUT2D eigenvalue weighted by atomic mass is 9.94. The molecule has 0 saturated carbocycles. The summed E-state index contributed by atoms with van der Waals surface area (Å²) in [7, 11) is -3.30. The Labute approximate surface area is 204 Å². The van der Waals surface area contributed by atoms with Crippen molar-refractivity contribution in [1.82, 2.24) is 13.5 Å². The van der Waals surface area contributed by atoms with Crippen LogP contribution in [0.25, 0.3) is 0 Å². The molecule has 0 aliphatic carbocycles. The summed E-state index contributed by atoms with van der Waals surface area (Å²) in [4.78, 5) is 2.10. The van der Waals surface area contributed by atoms with Crippen LogP contribution >= 0.6 is 0 Å². The third kappa shape index (κ3) is 14.7. The Morgan fingerprint density at radius 2 is 1.09 bits per heavy atom. The van der Waals surface area contributed by atoms with E-state index in [1.807, 2.05) is 41.5 Å². The number of hydrogen-bond donors (Lipinski definition) is 1. The predicted octanol–water partition coefficient (Wildman–Crippen LogP) is 2.99. The fraction of sp³-hybridized carbons (Fsp3) is 1.00. The molecule has 33 heavy (non-hydrogen) atoms. The second-order valence-electron chi connectivity index (χ2n) is 11.2. The summed E-state index contributed by atoms with van der Waals surface area (Å²) in [5.41, 5.74) is -0.165. The monoisotopic (exact) mass is 513 g/mol. The van der Waals surface area contributed by atoms with Crippen LogP contribution in [-0.2, 0) is 20.0 Å². The standard InChI is InChI=1S/C23H51N3O5S2/c1-22(2,3)14-20-32(28,29)24(7)15-11-9-10-12-16-25(8)33(30,31)21-18-26(17-13-19-27)23(4,5)6/h27H,9-21H2,1-8H3. The van der Waals surface area contributed by atoms with Crippen molar-refractivity contribution in [3.63, 3.8) is 0 Å². The lowest BCUT2D eigenvalue weighted by molar-refractivity contribution is 0.131. The van der Waals surface area contributed by atoms with E-state index in [4.69, 9.17) is 5.11 Å². The van der Waals surface area contributed by atoms with E-state index in [2.05, 4.69) is 4.90 Å². The van der Waals surface area contributed by atoms with Crippen LogP contribution in [0.3, 0.4) is 0 Å². The molecule has 0 aliphatic heterocycles. The van der Waals surface area contributed by atoms with E-state index in [-0.39, 0.29) is 29.1 Å². The Kier molecular flexibility index (Phi) is 14.2. The van der Waals surface area contributed by atoms with Crippen LogP contribution in [0.2, 0.25) is 0 Å². The highest BCUT2D eigenvalue weighted by Gasteiger charge is 2.25. The smallest absolute Gasteiger partial charge is 0.215 e. The highest BCUT2D eigenvalue weighted by molar-refractivity contribution is 7.89. The number of sulfonamides is 2. The van der Waals surface area contributed by atoms with Crippen molar-refractivity contribution in [3.05, 3.63) is 0 Å². The molecule has 0 spiro atoms. The summed E-state index contributed by atoms with van der Waals surface area (Å²) in [6.45, 7) is 14.4. The molecule has 0 saturated heterocycles. The van der Waals surface area contributed by atoms with Crippen LogP contribution in [0.5, 0.6) is 0 Å². The van der Waals surface area contributed by atoms with Crippen LogP contribution in [0, 0.1) is 5.41 Å². The molecule has 0 heterocycles. The third-order valence-electron chi connectivity index (χ3n) is 5.91. The highest BCUT2D eigenvalue weighted by atomic mass is 32.2. The number of unbranched alkanes of at least 4 members (excludes halogenated alkanes) is 3. The average Bonchev–Trinajstić information content (AvgIpc) is 2.67. The molecule has 0 aliphatic rings. The third-order valence-corrected chi connectivity index (χ3v) is 9.59. The van der Waals surface area contributed by atoms with Gasteiger partial charge in [-0.1, -0.05) is 33.6 Å². The van der Waals surface area contributed by atoms with Crippen molar-refractivity contribution in [2.75, 3.05) is 58.4 Å². The molecule has 0 atom stereocenters. The van der Waals surface area contributed by atoms with Crippen molar-refractivity contribution in [2.45, 2.75) is 85.6 Å². The van der Waals surface area contributed by atoms with Crippen LogP contribution < -0.4 is 0 Å². The molecule has 0 aromatic rings. The Morgan fingerprint density at radius 3 is 1.48 bits per heavy atom. The van der Waals surface area contributed by atoms with Gasteiger partial charge in [0, 0.05) is 52.4 Å². The molecule has 0 amide bonds. The zero-order chi connectivity index (χ0) is 25.9. The van der Waals surface area contributed by atoms with E-state index in [0.717, 1.165) is 25.7 Å². The molecule has 8 nitrogen and oxygen atoms in total. The van der Waals surface area contributed by atoms with Gasteiger partial charge >= 0.3 is 0 Å². The fourth-order valence-electron chi connectivity index (χ4n) is 3.32. The minimum atomic E-state index is -3.34. The molecule has 0 bridgehead atoms. The lowest BCUT2D eigenvalue weighted by Crippen LogP contribution is -2.46. The van der Waals surface area contributed by atoms with Gasteiger partial charge in [0.05, 0.1) is 11.5 Å². The Bertz CT molecular complexity index is 741. The second-order valence-corrected chi connectivity index (χ2v) is 15.6. The lowest BCUT2D eigenvalue weighted by Gasteiger charge is -2.35. The normalized spacial score (nSPS) is 14.1. The zero-order valence-corrected chi connectivity index (χ0v) is 24.1. The number of aliphatic hydroxyl groups is 1. The van der Waals surface area contributed by atoms with Crippen molar-refractivity contribution < 1.29 is 21.9 Å². The maximum absolute atomic E-state index is 12.7. The molecule has 0 aromatic carbocycles. The van der Waals surface area contributed by atoms with Gasteiger partial charge in [-0.2, -0.15) is 0 Å². The Morgan fingerprint density at radius 1 is 0.636 bits per heavy atom. The number of hydrogen-bond acceptors (Lipinski definition) is 6. The largest absolute Gasteiger partial charge is 0.396 e. The van der Waals surface area contributed by atoms with Crippen molar-refractivity contribution in [2.24, 2.45) is 5.41 Å². The topological polar surface area (TPSA) is 98.2 Å². The maximum Gasteiger partial charge on any atom is 0.215 e. The van der Waals surface area contributed by atoms with Gasteiger partial charge < -0.3 is 5.11 Å². The van der Waals surface area contributed by atoms with Crippen molar-refractivity contribution >= 4 is 20.0 Å². The predicted molar refractivity (Wildman–Crippen MR) is 138 cm³/mol. The van der Waals surface area contributed by atoms with E-state index < -0.39 is 20.0 Å². The van der Waals surface area contributed by atoms with Gasteiger partial charge in [-0.05, 0) is 51.9 Å². The molecule has 10 heteroatoms. The molecule has 1 N–H and O–H groups in total. The van der Waals surface area contributed by atoms with E-state index in [1.165, 1.54) is 8.61 Å². The van der Waals surface area contributed by atoms with Gasteiger partial charge in [0.25, 0.3) is 0 Å². The quantitative estimate of drug-likeness (QED) is 0.300. The highest BCUT2D eigenvalue weighted by Crippen LogP contribution is 2.20. The van der Waals surface area contributed by atoms with Gasteiger partial charge in [0.1, 0.15) is 0 Å². The van der Waals surface area contributed by atoms with Crippen LogP contribution in [0.4, 0.5) is 0 Å². The molecule has 0 unspecified atom stereocenters. The van der Waals surface area contributed by atoms with Gasteiger partial charge in [-0.3, -0.25) is 4.90 Å². The number of rotatable bonds is 17. The number of aliphatic hydroxyl groups excluding tert-OH is 1. The van der Waals surface area contributed by atoms with Crippen molar-refractivity contribution in [3.8, 4) is 0 Å². The summed E-state index contributed by atoms with van der Waals surface area (Å²) < 4.78 is 52.9. The van der Waals surface area contributed by atoms with E-state index >= 15 is 0 Å². The van der Waals surface area contributed by atoms with Gasteiger partial charge in [0.2, 0.25) is 20.0 Å². The van der Waals surface area contributed by atoms with Crippen LogP contribution in [0.15, 0.2) is 0 Å². The minimum absolute atomic E-state index is 0.00920. The Balaban J connectivity index is 4.33. The molecule has 0 fully saturated rings. The SMILES string of the molecule is CN(CCCCCCN(C)S(=O)(=O)CCC(C)(C)C)S(=O)(=O)CCN(CCCO)C(C)(C)C. The van der Waals surface area contributed by atoms with Gasteiger partial charge in [-0.15, -0.1) is 0 Å². The Hall–Kier alpha value is -0.260. The number of nitrogens with zero attached hydrogens (tertiary/aromatic N) is 3. The minimum Gasteiger partial charge on any atom is -0.396 e. The molecule has 0 rings (SSSR count). The summed E-state index contributed by atoms with van der Waals surface area (Å²) in [6.07, 6.45) is 4.51. The molecular formula is C23H51N3O5S2. The summed E-state index contributed by atoms with van der Waals surface area (Å²) in [5.74, 6) is 0.228. The first-order valence-corrected chi connectivity index (χ1v) is 15.4. The fourth-order valence-corrected chi connectivity index (χ4v) is 6.08. The van der Waals surface area contributed by atoms with Gasteiger partial charge in [0.15, 0.2) is 0 Å². The zero-order valence-electron chi connectivity index (χ0n) is 22.4. The first kappa shape index (κ1) is 32.7. The van der Waals surface area contributed by atoms with Crippen LogP contribution in [-0.4, -0.2) is 99.4 Å². The summed E-state index contributed by atoms with van der Waals surface area (Å²) >= 11 is 0. The van der Waals surface area contributed by atoms with Crippen LogP contribution in [0.1, 0.15) is 80.1 Å². The first-order chi connectivity index (χ1) is 14.9. The van der Waals surface area contributed by atoms with E-state index in [9.17, 15) is 16.8 Å².